The number of carbonyl (C=O) groups is 1. The van der Waals surface area contributed by atoms with Crippen LogP contribution in [0.3, 0.4) is 0 Å². The molecule has 0 N–H and O–H groups in total. The zero-order valence-corrected chi connectivity index (χ0v) is 16.1. The molecule has 2 atom stereocenters. The molecule has 0 radical (unpaired) electrons. The highest BCUT2D eigenvalue weighted by molar-refractivity contribution is 5.79. The van der Waals surface area contributed by atoms with Crippen LogP contribution in [-0.2, 0) is 9.53 Å². The van der Waals surface area contributed by atoms with Crippen LogP contribution in [0.25, 0.3) is 5.57 Å². The van der Waals surface area contributed by atoms with E-state index in [1.807, 2.05) is 26.0 Å². The summed E-state index contributed by atoms with van der Waals surface area (Å²) in [5.41, 5.74) is 5.14. The summed E-state index contributed by atoms with van der Waals surface area (Å²) in [6.45, 7) is 12.5. The van der Waals surface area contributed by atoms with Crippen LogP contribution in [0.2, 0.25) is 0 Å². The lowest BCUT2D eigenvalue weighted by Gasteiger charge is -2.10. The van der Waals surface area contributed by atoms with Crippen LogP contribution in [0.4, 0.5) is 0 Å². The number of hydrogen-bond donors (Lipinski definition) is 0. The van der Waals surface area contributed by atoms with Gasteiger partial charge in [-0.25, -0.2) is 0 Å². The molecule has 1 fully saturated rings. The van der Waals surface area contributed by atoms with E-state index in [9.17, 15) is 4.79 Å². The average molecular weight is 336 g/mol. The summed E-state index contributed by atoms with van der Waals surface area (Å²) < 4.78 is 5.56. The maximum atomic E-state index is 12.5. The van der Waals surface area contributed by atoms with Gasteiger partial charge in [0.2, 0.25) is 0 Å². The smallest absolute Gasteiger partial charge is 0.310 e. The first-order valence-electron chi connectivity index (χ1n) is 8.73. The van der Waals surface area contributed by atoms with Crippen molar-refractivity contribution in [1.29, 1.82) is 0 Å². The van der Waals surface area contributed by atoms with Gasteiger partial charge in [-0.15, -0.1) is 6.42 Å². The lowest BCUT2D eigenvalue weighted by molar-refractivity contribution is -0.145. The third kappa shape index (κ3) is 4.23. The molecule has 0 aromatic heterocycles. The number of carbonyl (C=O) groups excluding carboxylic acids is 1. The molecule has 132 valence electrons. The highest BCUT2D eigenvalue weighted by Crippen LogP contribution is 2.59. The maximum Gasteiger partial charge on any atom is 0.310 e. The summed E-state index contributed by atoms with van der Waals surface area (Å²) in [5, 5.41) is 0. The summed E-state index contributed by atoms with van der Waals surface area (Å²) in [5.74, 6) is 2.70. The fraction of sp³-hybridized carbons (Fsp3) is 0.435. The van der Waals surface area contributed by atoms with Crippen molar-refractivity contribution in [3.05, 3.63) is 52.6 Å². The van der Waals surface area contributed by atoms with E-state index in [1.54, 1.807) is 0 Å². The second-order valence-electron chi connectivity index (χ2n) is 7.79. The van der Waals surface area contributed by atoms with E-state index < -0.39 is 0 Å². The molecular formula is C23H28O2. The molecule has 0 saturated heterocycles. The van der Waals surface area contributed by atoms with Crippen molar-refractivity contribution in [1.82, 2.24) is 0 Å². The average Bonchev–Trinajstić information content (AvgIpc) is 3.07. The predicted molar refractivity (Wildman–Crippen MR) is 104 cm³/mol. The van der Waals surface area contributed by atoms with Crippen LogP contribution < -0.4 is 0 Å². The molecule has 2 rings (SSSR count). The van der Waals surface area contributed by atoms with Crippen molar-refractivity contribution < 1.29 is 9.53 Å². The summed E-state index contributed by atoms with van der Waals surface area (Å²) >= 11 is 0. The van der Waals surface area contributed by atoms with E-state index >= 15 is 0 Å². The van der Waals surface area contributed by atoms with E-state index in [0.717, 1.165) is 16.7 Å². The van der Waals surface area contributed by atoms with Crippen LogP contribution in [0.15, 0.2) is 41.5 Å². The van der Waals surface area contributed by atoms with Crippen LogP contribution in [0.5, 0.6) is 0 Å². The Kier molecular flexibility index (Phi) is 5.58. The summed E-state index contributed by atoms with van der Waals surface area (Å²) in [4.78, 5) is 12.5. The molecule has 2 heteroatoms. The molecule has 0 amide bonds. The van der Waals surface area contributed by atoms with Gasteiger partial charge in [0.05, 0.1) is 5.92 Å². The van der Waals surface area contributed by atoms with E-state index in [2.05, 4.69) is 51.8 Å². The Labute approximate surface area is 152 Å². The normalized spacial score (nSPS) is 21.6. The zero-order valence-electron chi connectivity index (χ0n) is 16.1. The van der Waals surface area contributed by atoms with Crippen molar-refractivity contribution in [3.63, 3.8) is 0 Å². The van der Waals surface area contributed by atoms with Crippen LogP contribution in [-0.4, -0.2) is 12.6 Å². The lowest BCUT2D eigenvalue weighted by Crippen LogP contribution is -2.13. The van der Waals surface area contributed by atoms with Gasteiger partial charge < -0.3 is 4.74 Å². The van der Waals surface area contributed by atoms with E-state index in [-0.39, 0.29) is 29.8 Å². The van der Waals surface area contributed by atoms with Crippen molar-refractivity contribution >= 4 is 11.5 Å². The number of aryl methyl sites for hydroxylation is 1. The van der Waals surface area contributed by atoms with Gasteiger partial charge in [0, 0.05) is 5.57 Å². The molecule has 1 aliphatic carbocycles. The molecule has 1 aliphatic rings. The van der Waals surface area contributed by atoms with Gasteiger partial charge in [-0.3, -0.25) is 4.79 Å². The zero-order chi connectivity index (χ0) is 18.8. The van der Waals surface area contributed by atoms with Gasteiger partial charge in [0.1, 0.15) is 6.61 Å². The van der Waals surface area contributed by atoms with E-state index in [4.69, 9.17) is 11.2 Å². The molecule has 0 heterocycles. The predicted octanol–water partition coefficient (Wildman–Crippen LogP) is 5.18. The van der Waals surface area contributed by atoms with E-state index in [0.29, 0.717) is 0 Å². The molecule has 0 bridgehead atoms. The first-order chi connectivity index (χ1) is 11.7. The Hall–Kier alpha value is -2.27. The fourth-order valence-electron chi connectivity index (χ4n) is 3.27. The lowest BCUT2D eigenvalue weighted by atomic mass is 10.0. The van der Waals surface area contributed by atoms with Crippen molar-refractivity contribution in [2.45, 2.75) is 41.5 Å². The molecule has 2 unspecified atom stereocenters. The molecule has 1 aromatic carbocycles. The van der Waals surface area contributed by atoms with Gasteiger partial charge in [-0.05, 0) is 50.2 Å². The molecule has 0 aliphatic heterocycles. The summed E-state index contributed by atoms with van der Waals surface area (Å²) in [6, 6.07) is 8.18. The fourth-order valence-corrected chi connectivity index (χ4v) is 3.27. The van der Waals surface area contributed by atoms with Gasteiger partial charge in [0.15, 0.2) is 0 Å². The Balaban J connectivity index is 2.07. The molecule has 1 saturated carbocycles. The molecule has 0 spiro atoms. The first kappa shape index (κ1) is 19.1. The standard InChI is InChI=1S/C23H28O2/c1-8-18(17(5)19-11-9-16(4)10-12-19)14-25-22(24)21-20(13-15(2)3)23(21,6)7/h1,9-13,20-21H,14H2,2-7H3. The molecule has 1 aromatic rings. The highest BCUT2D eigenvalue weighted by atomic mass is 16.5. The minimum Gasteiger partial charge on any atom is -0.460 e. The number of esters is 1. The van der Waals surface area contributed by atoms with Crippen molar-refractivity contribution in [2.24, 2.45) is 17.3 Å². The second-order valence-corrected chi connectivity index (χ2v) is 7.79. The summed E-state index contributed by atoms with van der Waals surface area (Å²) in [6.07, 6.45) is 7.82. The second kappa shape index (κ2) is 7.31. The molecular weight excluding hydrogens is 308 g/mol. The number of benzene rings is 1. The number of ether oxygens (including phenoxy) is 1. The Bertz CT molecular complexity index is 750. The van der Waals surface area contributed by atoms with Gasteiger partial charge >= 0.3 is 5.97 Å². The number of allylic oxidation sites excluding steroid dienone is 3. The van der Waals surface area contributed by atoms with Crippen LogP contribution >= 0.6 is 0 Å². The Morgan fingerprint density at radius 1 is 1.24 bits per heavy atom. The number of hydrogen-bond acceptors (Lipinski definition) is 2. The van der Waals surface area contributed by atoms with E-state index in [1.165, 1.54) is 11.1 Å². The quantitative estimate of drug-likeness (QED) is 0.420. The van der Waals surface area contributed by atoms with Gasteiger partial charge in [0.25, 0.3) is 0 Å². The van der Waals surface area contributed by atoms with Gasteiger partial charge in [-0.2, -0.15) is 0 Å². The SMILES string of the molecule is C#CC(COC(=O)C1C(C=C(C)C)C1(C)C)=C(C)c1ccc(C)cc1. The van der Waals surface area contributed by atoms with Crippen molar-refractivity contribution in [2.75, 3.05) is 6.61 Å². The van der Waals surface area contributed by atoms with Crippen LogP contribution in [0, 0.1) is 36.5 Å². The topological polar surface area (TPSA) is 26.3 Å². The highest BCUT2D eigenvalue weighted by Gasteiger charge is 2.61. The van der Waals surface area contributed by atoms with Gasteiger partial charge in [-0.1, -0.05) is 61.2 Å². The Morgan fingerprint density at radius 2 is 1.84 bits per heavy atom. The third-order valence-electron chi connectivity index (χ3n) is 5.15. The maximum absolute atomic E-state index is 12.5. The minimum atomic E-state index is -0.156. The summed E-state index contributed by atoms with van der Waals surface area (Å²) in [7, 11) is 0. The molecule has 25 heavy (non-hydrogen) atoms. The number of terminal acetylenes is 1. The largest absolute Gasteiger partial charge is 0.460 e. The van der Waals surface area contributed by atoms with Crippen LogP contribution in [0.1, 0.15) is 45.7 Å². The third-order valence-corrected chi connectivity index (χ3v) is 5.15. The Morgan fingerprint density at radius 3 is 2.36 bits per heavy atom. The monoisotopic (exact) mass is 336 g/mol. The minimum absolute atomic E-state index is 0.0413. The number of rotatable bonds is 5. The van der Waals surface area contributed by atoms with Crippen molar-refractivity contribution in [3.8, 4) is 12.3 Å². The first-order valence-corrected chi connectivity index (χ1v) is 8.73. The molecule has 2 nitrogen and oxygen atoms in total.